The molecule has 0 aliphatic carbocycles. The fraction of sp³-hybridized carbons (Fsp3) is 0.550. The highest BCUT2D eigenvalue weighted by Gasteiger charge is 2.40. The van der Waals surface area contributed by atoms with E-state index in [9.17, 15) is 4.39 Å². The largest absolute Gasteiger partial charge is 0.459 e. The molecule has 2 fully saturated rings. The fourth-order valence-corrected chi connectivity index (χ4v) is 4.23. The van der Waals surface area contributed by atoms with Crippen molar-refractivity contribution in [3.05, 3.63) is 35.3 Å². The van der Waals surface area contributed by atoms with E-state index in [-0.39, 0.29) is 29.8 Å². The molecule has 0 radical (unpaired) electrons. The Bertz CT molecular complexity index is 830. The van der Waals surface area contributed by atoms with Crippen molar-refractivity contribution >= 4 is 40.9 Å². The lowest BCUT2D eigenvalue weighted by Crippen LogP contribution is -2.42. The van der Waals surface area contributed by atoms with E-state index in [0.29, 0.717) is 12.0 Å². The van der Waals surface area contributed by atoms with Crippen LogP contribution >= 0.6 is 24.0 Å². The number of hydrogen-bond donors (Lipinski definition) is 1. The molecule has 1 spiro atoms. The smallest absolute Gasteiger partial charge is 0.194 e. The molecule has 2 aliphatic rings. The normalized spacial score (nSPS) is 19.5. The van der Waals surface area contributed by atoms with Crippen molar-refractivity contribution in [2.45, 2.75) is 32.7 Å². The maximum atomic E-state index is 13.5. The van der Waals surface area contributed by atoms with Gasteiger partial charge in [0.05, 0.1) is 6.54 Å². The average Bonchev–Trinajstić information content (AvgIpc) is 3.19. The molecule has 4 rings (SSSR count). The molecule has 1 aromatic carbocycles. The van der Waals surface area contributed by atoms with Crippen LogP contribution in [-0.2, 0) is 11.3 Å². The van der Waals surface area contributed by atoms with Crippen LogP contribution in [0.2, 0.25) is 0 Å². The van der Waals surface area contributed by atoms with E-state index in [2.05, 4.69) is 15.2 Å². The van der Waals surface area contributed by atoms with E-state index in [0.717, 1.165) is 67.4 Å². The molecule has 7 heteroatoms. The predicted molar refractivity (Wildman–Crippen MR) is 115 cm³/mol. The number of furan rings is 1. The number of fused-ring (bicyclic) bond motifs is 1. The molecule has 3 heterocycles. The van der Waals surface area contributed by atoms with Crippen molar-refractivity contribution in [1.29, 1.82) is 0 Å². The Morgan fingerprint density at radius 3 is 2.81 bits per heavy atom. The molecule has 148 valence electrons. The van der Waals surface area contributed by atoms with E-state index >= 15 is 0 Å². The summed E-state index contributed by atoms with van der Waals surface area (Å²) in [5.41, 5.74) is 2.07. The number of aryl methyl sites for hydroxylation is 1. The van der Waals surface area contributed by atoms with Gasteiger partial charge in [0, 0.05) is 44.3 Å². The highest BCUT2D eigenvalue weighted by Crippen LogP contribution is 2.39. The Balaban J connectivity index is 0.00000210. The summed E-state index contributed by atoms with van der Waals surface area (Å²) in [4.78, 5) is 6.80. The van der Waals surface area contributed by atoms with Gasteiger partial charge in [0.15, 0.2) is 5.96 Å². The molecule has 2 aromatic rings. The van der Waals surface area contributed by atoms with E-state index in [4.69, 9.17) is 9.15 Å². The predicted octanol–water partition coefficient (Wildman–Crippen LogP) is 4.08. The van der Waals surface area contributed by atoms with Crippen molar-refractivity contribution in [2.24, 2.45) is 10.4 Å². The number of benzene rings is 1. The summed E-state index contributed by atoms with van der Waals surface area (Å²) in [6.45, 7) is 6.30. The number of nitrogens with one attached hydrogen (secondary N) is 1. The first-order chi connectivity index (χ1) is 12.6. The first-order valence-corrected chi connectivity index (χ1v) is 9.31. The Morgan fingerprint density at radius 2 is 2.07 bits per heavy atom. The molecule has 27 heavy (non-hydrogen) atoms. The second-order valence-corrected chi connectivity index (χ2v) is 7.48. The lowest BCUT2D eigenvalue weighted by atomic mass is 9.80. The molecular weight excluding hydrogens is 460 g/mol. The van der Waals surface area contributed by atoms with Crippen molar-refractivity contribution < 1.29 is 13.5 Å². The van der Waals surface area contributed by atoms with Crippen LogP contribution < -0.4 is 5.32 Å². The number of ether oxygens (including phenoxy) is 1. The van der Waals surface area contributed by atoms with Crippen LogP contribution in [0.4, 0.5) is 4.39 Å². The van der Waals surface area contributed by atoms with Crippen LogP contribution in [0, 0.1) is 18.2 Å². The third-order valence-corrected chi connectivity index (χ3v) is 5.91. The maximum absolute atomic E-state index is 13.5. The summed E-state index contributed by atoms with van der Waals surface area (Å²) >= 11 is 0. The molecule has 0 atom stereocenters. The van der Waals surface area contributed by atoms with Crippen molar-refractivity contribution in [2.75, 3.05) is 33.4 Å². The molecule has 1 aromatic heterocycles. The Hall–Kier alpha value is -1.35. The van der Waals surface area contributed by atoms with Gasteiger partial charge in [0.25, 0.3) is 0 Å². The number of rotatable bonds is 2. The quantitative estimate of drug-likeness (QED) is 0.394. The van der Waals surface area contributed by atoms with Gasteiger partial charge in [-0.05, 0) is 49.8 Å². The number of likely N-dealkylation sites (tertiary alicyclic amines) is 1. The van der Waals surface area contributed by atoms with Gasteiger partial charge in [-0.1, -0.05) is 0 Å². The number of nitrogens with zero attached hydrogens (tertiary/aromatic N) is 2. The van der Waals surface area contributed by atoms with Crippen molar-refractivity contribution in [3.63, 3.8) is 0 Å². The summed E-state index contributed by atoms with van der Waals surface area (Å²) in [5, 5.41) is 4.26. The van der Waals surface area contributed by atoms with Crippen molar-refractivity contribution in [1.82, 2.24) is 10.2 Å². The van der Waals surface area contributed by atoms with E-state index < -0.39 is 0 Å². The van der Waals surface area contributed by atoms with Gasteiger partial charge >= 0.3 is 0 Å². The highest BCUT2D eigenvalue weighted by molar-refractivity contribution is 14.0. The standard InChI is InChI=1S/C20H26FN3O2.HI/c1-14-16-11-15(21)3-4-17(16)26-18(14)12-23-19(22-2)24-8-5-20(13-24)6-9-25-10-7-20;/h3-4,11H,5-10,12-13H2,1-2H3,(H,22,23);1H. The number of aliphatic imine (C=N–C) groups is 1. The minimum atomic E-state index is -0.240. The van der Waals surface area contributed by atoms with Gasteiger partial charge < -0.3 is 19.4 Å². The van der Waals surface area contributed by atoms with Gasteiger partial charge in [0.2, 0.25) is 0 Å². The Labute approximate surface area is 176 Å². The van der Waals surface area contributed by atoms with Crippen LogP contribution in [0.15, 0.2) is 27.6 Å². The lowest BCUT2D eigenvalue weighted by molar-refractivity contribution is 0.0217. The number of hydrogen-bond acceptors (Lipinski definition) is 3. The van der Waals surface area contributed by atoms with E-state index in [1.807, 2.05) is 14.0 Å². The second-order valence-electron chi connectivity index (χ2n) is 7.48. The first-order valence-electron chi connectivity index (χ1n) is 9.31. The second kappa shape index (κ2) is 8.34. The van der Waals surface area contributed by atoms with Gasteiger partial charge in [0.1, 0.15) is 17.2 Å². The Morgan fingerprint density at radius 1 is 1.30 bits per heavy atom. The fourth-order valence-electron chi connectivity index (χ4n) is 4.23. The molecule has 2 aliphatic heterocycles. The van der Waals surface area contributed by atoms with Crippen LogP contribution in [-0.4, -0.2) is 44.2 Å². The average molecular weight is 487 g/mol. The molecule has 0 unspecified atom stereocenters. The molecule has 1 N–H and O–H groups in total. The van der Waals surface area contributed by atoms with E-state index in [1.54, 1.807) is 6.07 Å². The zero-order valence-electron chi connectivity index (χ0n) is 15.9. The highest BCUT2D eigenvalue weighted by atomic mass is 127. The van der Waals surface area contributed by atoms with Gasteiger partial charge in [-0.2, -0.15) is 0 Å². The summed E-state index contributed by atoms with van der Waals surface area (Å²) < 4.78 is 24.9. The summed E-state index contributed by atoms with van der Waals surface area (Å²) in [5.74, 6) is 1.49. The van der Waals surface area contributed by atoms with Crippen LogP contribution in [0.5, 0.6) is 0 Å². The van der Waals surface area contributed by atoms with Gasteiger partial charge in [-0.15, -0.1) is 24.0 Å². The molecule has 5 nitrogen and oxygen atoms in total. The Kier molecular flexibility index (Phi) is 6.30. The van der Waals surface area contributed by atoms with Gasteiger partial charge in [-0.3, -0.25) is 4.99 Å². The molecular formula is C20H27FIN3O2. The maximum Gasteiger partial charge on any atom is 0.194 e. The summed E-state index contributed by atoms with van der Waals surface area (Å²) in [7, 11) is 1.82. The molecule has 2 saturated heterocycles. The topological polar surface area (TPSA) is 50.0 Å². The van der Waals surface area contributed by atoms with Crippen LogP contribution in [0.3, 0.4) is 0 Å². The lowest BCUT2D eigenvalue weighted by Gasteiger charge is -2.33. The van der Waals surface area contributed by atoms with Gasteiger partial charge in [-0.25, -0.2) is 4.39 Å². The molecule has 0 bridgehead atoms. The minimum absolute atomic E-state index is 0. The van der Waals surface area contributed by atoms with Crippen LogP contribution in [0.25, 0.3) is 11.0 Å². The SMILES string of the molecule is CN=C(NCc1oc2ccc(F)cc2c1C)N1CCC2(CCOCC2)C1.I. The summed E-state index contributed by atoms with van der Waals surface area (Å²) in [6, 6.07) is 4.65. The third-order valence-electron chi connectivity index (χ3n) is 5.91. The van der Waals surface area contributed by atoms with Crippen molar-refractivity contribution in [3.8, 4) is 0 Å². The minimum Gasteiger partial charge on any atom is -0.459 e. The first kappa shape index (κ1) is 20.4. The monoisotopic (exact) mass is 487 g/mol. The number of guanidine groups is 1. The number of halogens is 2. The molecule has 0 saturated carbocycles. The zero-order valence-corrected chi connectivity index (χ0v) is 18.2. The third kappa shape index (κ3) is 4.08. The van der Waals surface area contributed by atoms with Crippen LogP contribution in [0.1, 0.15) is 30.6 Å². The zero-order chi connectivity index (χ0) is 18.1. The van der Waals surface area contributed by atoms with E-state index in [1.165, 1.54) is 18.6 Å². The summed E-state index contributed by atoms with van der Waals surface area (Å²) in [6.07, 6.45) is 3.46. The molecule has 0 amide bonds.